The number of likely N-dealkylation sites (tertiary alicyclic amines) is 1. The number of Topliss-reactive ketones (excluding diaryl/α,β-unsaturated/α-hetero) is 2. The van der Waals surface area contributed by atoms with Gasteiger partial charge in [-0.05, 0) is 67.7 Å². The Balaban J connectivity index is 0.634. The molecule has 30 nitrogen and oxygen atoms in total. The summed E-state index contributed by atoms with van der Waals surface area (Å²) >= 11 is 0. The van der Waals surface area contributed by atoms with Crippen molar-refractivity contribution in [1.29, 1.82) is 0 Å². The fraction of sp³-hybridized carbons (Fsp3) is 0.632. The van der Waals surface area contributed by atoms with E-state index in [1.165, 1.54) is 31.3 Å². The van der Waals surface area contributed by atoms with Gasteiger partial charge < -0.3 is 87.1 Å². The second-order valence-electron chi connectivity index (χ2n) is 27.1. The van der Waals surface area contributed by atoms with Crippen molar-refractivity contribution < 1.29 is 110 Å². The van der Waals surface area contributed by atoms with Crippen LogP contribution in [-0.4, -0.2) is 263 Å². The third kappa shape index (κ3) is 24.7. The number of rotatable bonds is 49. The molecule has 0 radical (unpaired) electrons. The highest BCUT2D eigenvalue weighted by atomic mass is 16.6. The molecule has 106 heavy (non-hydrogen) atoms. The first-order valence-corrected chi connectivity index (χ1v) is 36.9. The van der Waals surface area contributed by atoms with Crippen LogP contribution < -0.4 is 34.5 Å². The van der Waals surface area contributed by atoms with E-state index in [0.717, 1.165) is 17.7 Å². The average molecular weight is 1490 g/mol. The zero-order valence-corrected chi connectivity index (χ0v) is 62.3. The predicted molar refractivity (Wildman–Crippen MR) is 386 cm³/mol. The molecule has 3 fully saturated rings. The molecule has 0 spiro atoms. The van der Waals surface area contributed by atoms with Crippen molar-refractivity contribution in [1.82, 2.24) is 25.3 Å². The van der Waals surface area contributed by atoms with E-state index in [1.807, 2.05) is 38.8 Å². The number of carbonyl (C=O) groups is 9. The summed E-state index contributed by atoms with van der Waals surface area (Å²) in [6.45, 7) is 16.4. The number of nitrogens with zero attached hydrogens (tertiary/aromatic N) is 5. The number of aliphatic hydroxyl groups excluding tert-OH is 1. The molecule has 3 saturated heterocycles. The normalized spacial score (nSPS) is 18.1. The standard InChI is InChI=1S/C76H107N7O23/c1-50(2)57(42-56(84)18-25-96-27-29-98-31-33-100-35-37-102-39-40-103-38-36-101-34-32-99-30-28-97-26-19-77-69(86)17-22-82-70(87)45-58(51(3)4)72(82)89)71(88)79-52(5)64(85)41-53-13-15-54(16-14-53)49-106-76(93)83-63-47-68(66(95-7)44-60(63)74(91)81-21-9-12-62(81)75(83)92)105-24-10-23-104-67-46-61-59(43-65(67)94-6)73(90)80-20-8-11-55(80)48-78-61/h13-16,43-44,46-48,50-52,55,57-58,62,75,92H,8-12,17-42,45,49H2,1-7H3,(H,77,86)(H,79,88)/t52-,55-,57-,58?,62-,75?/m0/s1. The van der Waals surface area contributed by atoms with Gasteiger partial charge >= 0.3 is 6.09 Å². The Labute approximate surface area is 619 Å². The molecule has 0 bridgehead atoms. The fourth-order valence-electron chi connectivity index (χ4n) is 12.8. The van der Waals surface area contributed by atoms with E-state index in [9.17, 15) is 48.3 Å². The number of imide groups is 1. The summed E-state index contributed by atoms with van der Waals surface area (Å²) < 4.78 is 73.7. The van der Waals surface area contributed by atoms with Crippen molar-refractivity contribution >= 4 is 70.7 Å². The number of aliphatic imine (C=N–C) groups is 1. The van der Waals surface area contributed by atoms with Crippen molar-refractivity contribution in [3.63, 3.8) is 0 Å². The SMILES string of the molecule is COc1cc2c(cc1OCCCOc1cc3c(cc1OC)C(=O)N1CCC[C@H]1C(O)N3C(=O)OCc1ccc(CC(=O)[C@H](C)NC(=O)[C@@H](CC(=O)CCOCCOCCOCCOCCOCCOCCOCCOCCNC(=O)CCN3C(=O)CC(C(C)C)C3=O)C(C)C)cc1)N=C[C@@H]1CCCN1C2=O. The zero-order chi connectivity index (χ0) is 75.9. The van der Waals surface area contributed by atoms with E-state index < -0.39 is 36.2 Å². The molecule has 2 unspecified atom stereocenters. The van der Waals surface area contributed by atoms with E-state index in [2.05, 4.69) is 15.6 Å². The maximum absolute atomic E-state index is 14.2. The lowest BCUT2D eigenvalue weighted by atomic mass is 9.88. The van der Waals surface area contributed by atoms with Gasteiger partial charge in [-0.15, -0.1) is 0 Å². The third-order valence-electron chi connectivity index (χ3n) is 18.9. The molecule has 3 aromatic carbocycles. The second kappa shape index (κ2) is 43.6. The van der Waals surface area contributed by atoms with E-state index in [0.29, 0.717) is 165 Å². The highest BCUT2D eigenvalue weighted by molar-refractivity contribution is 6.07. The lowest BCUT2D eigenvalue weighted by Gasteiger charge is -2.31. The molecule has 0 aliphatic carbocycles. The number of aliphatic hydroxyl groups is 1. The number of hydrogen-bond acceptors (Lipinski definition) is 24. The Hall–Kier alpha value is -8.20. The van der Waals surface area contributed by atoms with Gasteiger partial charge in [-0.3, -0.25) is 48.2 Å². The van der Waals surface area contributed by atoms with Crippen molar-refractivity contribution in [2.75, 3.05) is 164 Å². The summed E-state index contributed by atoms with van der Waals surface area (Å²) in [7, 11) is 2.94. The number of anilines is 1. The summed E-state index contributed by atoms with van der Waals surface area (Å²) in [6, 6.07) is 11.6. The first kappa shape index (κ1) is 83.4. The molecule has 5 aliphatic rings. The number of methoxy groups -OCH3 is 2. The Bertz CT molecular complexity index is 3430. The number of benzene rings is 3. The van der Waals surface area contributed by atoms with Crippen LogP contribution in [0.3, 0.4) is 0 Å². The first-order valence-electron chi connectivity index (χ1n) is 36.9. The zero-order valence-electron chi connectivity index (χ0n) is 62.3. The number of nitrogens with one attached hydrogen (secondary N) is 2. The highest BCUT2D eigenvalue weighted by Crippen LogP contribution is 2.42. The van der Waals surface area contributed by atoms with E-state index >= 15 is 0 Å². The topological polar surface area (TPSA) is 343 Å². The minimum absolute atomic E-state index is 0.00875. The van der Waals surface area contributed by atoms with Crippen molar-refractivity contribution in [2.45, 2.75) is 130 Å². The largest absolute Gasteiger partial charge is 0.493 e. The van der Waals surface area contributed by atoms with Crippen molar-refractivity contribution in [2.24, 2.45) is 28.7 Å². The van der Waals surface area contributed by atoms with Crippen LogP contribution in [0.2, 0.25) is 0 Å². The van der Waals surface area contributed by atoms with Gasteiger partial charge in [-0.2, -0.15) is 0 Å². The summed E-state index contributed by atoms with van der Waals surface area (Å²) in [6.07, 6.45) is 3.01. The molecule has 8 rings (SSSR count). The number of ether oxygens (including phenoxy) is 13. The fourth-order valence-corrected chi connectivity index (χ4v) is 12.8. The molecule has 5 heterocycles. The molecule has 0 aromatic heterocycles. The Morgan fingerprint density at radius 1 is 0.613 bits per heavy atom. The Kier molecular flexibility index (Phi) is 34.3. The minimum Gasteiger partial charge on any atom is -0.493 e. The van der Waals surface area contributed by atoms with Crippen LogP contribution in [0.5, 0.6) is 23.0 Å². The smallest absolute Gasteiger partial charge is 0.416 e. The van der Waals surface area contributed by atoms with Gasteiger partial charge in [0.15, 0.2) is 35.0 Å². The Morgan fingerprint density at radius 3 is 1.73 bits per heavy atom. The lowest BCUT2D eigenvalue weighted by molar-refractivity contribution is -0.140. The molecule has 3 N–H and O–H groups in total. The molecule has 30 heteroatoms. The molecule has 7 amide bonds. The molecular formula is C76H107N7O23. The first-order chi connectivity index (χ1) is 51.3. The maximum atomic E-state index is 14.2. The molecule has 584 valence electrons. The van der Waals surface area contributed by atoms with E-state index in [-0.39, 0.29) is 159 Å². The quantitative estimate of drug-likeness (QED) is 0.0440. The predicted octanol–water partition coefficient (Wildman–Crippen LogP) is 5.86. The molecule has 3 aromatic rings. The van der Waals surface area contributed by atoms with Gasteiger partial charge in [0.25, 0.3) is 11.8 Å². The van der Waals surface area contributed by atoms with Crippen LogP contribution in [-0.2, 0) is 84.4 Å². The van der Waals surface area contributed by atoms with Gasteiger partial charge in [0.1, 0.15) is 12.4 Å². The molecular weight excluding hydrogens is 1380 g/mol. The number of carbonyl (C=O) groups excluding carboxylic acids is 9. The third-order valence-corrected chi connectivity index (χ3v) is 18.9. The van der Waals surface area contributed by atoms with Crippen LogP contribution in [0.15, 0.2) is 53.5 Å². The summed E-state index contributed by atoms with van der Waals surface area (Å²) in [5.74, 6) is -1.78. The number of ketones is 2. The maximum Gasteiger partial charge on any atom is 0.416 e. The number of fused-ring (bicyclic) bond motifs is 4. The van der Waals surface area contributed by atoms with Crippen molar-refractivity contribution in [3.8, 4) is 23.0 Å². The van der Waals surface area contributed by atoms with Gasteiger partial charge in [0.2, 0.25) is 23.6 Å². The summed E-state index contributed by atoms with van der Waals surface area (Å²) in [4.78, 5) is 129. The average Bonchev–Trinajstić information content (AvgIpc) is 1.58. The van der Waals surface area contributed by atoms with Gasteiger partial charge in [-0.25, -0.2) is 9.69 Å². The number of hydrogen-bond donors (Lipinski definition) is 3. The van der Waals surface area contributed by atoms with E-state index in [1.54, 1.807) is 48.2 Å². The van der Waals surface area contributed by atoms with Crippen LogP contribution in [0, 0.1) is 23.7 Å². The van der Waals surface area contributed by atoms with Gasteiger partial charge in [-0.1, -0.05) is 52.0 Å². The van der Waals surface area contributed by atoms with E-state index in [4.69, 9.17) is 61.6 Å². The summed E-state index contributed by atoms with van der Waals surface area (Å²) in [5, 5.41) is 17.4. The monoisotopic (exact) mass is 1490 g/mol. The van der Waals surface area contributed by atoms with Crippen LogP contribution in [0.4, 0.5) is 16.2 Å². The molecule has 0 saturated carbocycles. The van der Waals surface area contributed by atoms with Crippen molar-refractivity contribution in [3.05, 3.63) is 70.8 Å². The van der Waals surface area contributed by atoms with Gasteiger partial charge in [0.05, 0.1) is 174 Å². The highest BCUT2D eigenvalue weighted by Gasteiger charge is 2.46. The second-order valence-corrected chi connectivity index (χ2v) is 27.1. The van der Waals surface area contributed by atoms with Crippen LogP contribution in [0.25, 0.3) is 0 Å². The van der Waals surface area contributed by atoms with Crippen LogP contribution in [0.1, 0.15) is 124 Å². The van der Waals surface area contributed by atoms with Gasteiger partial charge in [0, 0.05) is 94.9 Å². The van der Waals surface area contributed by atoms with Crippen LogP contribution >= 0.6 is 0 Å². The number of amides is 7. The summed E-state index contributed by atoms with van der Waals surface area (Å²) in [5.41, 5.74) is 2.37. The lowest BCUT2D eigenvalue weighted by Crippen LogP contribution is -2.50. The molecule has 5 aliphatic heterocycles. The minimum atomic E-state index is -1.46. The Morgan fingerprint density at radius 2 is 1.15 bits per heavy atom. The molecule has 6 atom stereocenters.